The first-order valence-corrected chi connectivity index (χ1v) is 6.12. The first-order valence-electron chi connectivity index (χ1n) is 5.71. The van der Waals surface area contributed by atoms with Gasteiger partial charge in [0.25, 0.3) is 0 Å². The van der Waals surface area contributed by atoms with Crippen molar-refractivity contribution < 1.29 is 0 Å². The Hall–Kier alpha value is -1.94. The molecule has 3 N–H and O–H groups in total. The van der Waals surface area contributed by atoms with Gasteiger partial charge in [0.15, 0.2) is 0 Å². The van der Waals surface area contributed by atoms with E-state index in [0.717, 1.165) is 17.9 Å². The van der Waals surface area contributed by atoms with Gasteiger partial charge in [0.05, 0.1) is 0 Å². The Morgan fingerprint density at radius 2 is 2.11 bits per heavy atom. The quantitative estimate of drug-likeness (QED) is 0.827. The maximum absolute atomic E-state index is 5.59. The lowest BCUT2D eigenvalue weighted by molar-refractivity contribution is 1.09. The van der Waals surface area contributed by atoms with E-state index in [9.17, 15) is 0 Å². The fraction of sp³-hybridized carbons (Fsp3) is 0.143. The molecule has 0 unspecified atom stereocenters. The summed E-state index contributed by atoms with van der Waals surface area (Å²) in [6.45, 7) is 2.83. The van der Waals surface area contributed by atoms with Gasteiger partial charge in [-0.2, -0.15) is 0 Å². The van der Waals surface area contributed by atoms with Crippen LogP contribution in [0.5, 0.6) is 0 Å². The molecule has 0 fully saturated rings. The second-order valence-electron chi connectivity index (χ2n) is 4.07. The molecule has 4 heteroatoms. The minimum Gasteiger partial charge on any atom is -0.389 e. The summed E-state index contributed by atoms with van der Waals surface area (Å²) >= 11 is 4.94. The van der Waals surface area contributed by atoms with Gasteiger partial charge in [-0.05, 0) is 30.2 Å². The summed E-state index contributed by atoms with van der Waals surface area (Å²) < 4.78 is 0. The van der Waals surface area contributed by atoms with Gasteiger partial charge in [-0.3, -0.25) is 0 Å². The number of anilines is 1. The van der Waals surface area contributed by atoms with E-state index in [1.807, 2.05) is 18.2 Å². The van der Waals surface area contributed by atoms with Crippen LogP contribution < -0.4 is 11.1 Å². The maximum Gasteiger partial charge on any atom is 0.126 e. The number of thiocarbonyl (C=S) groups is 1. The molecule has 0 aliphatic carbocycles. The molecule has 0 saturated heterocycles. The van der Waals surface area contributed by atoms with E-state index in [0.29, 0.717) is 4.99 Å². The van der Waals surface area contributed by atoms with Crippen molar-refractivity contribution in [3.05, 3.63) is 59.3 Å². The van der Waals surface area contributed by atoms with Gasteiger partial charge in [-0.1, -0.05) is 36.5 Å². The molecule has 1 aromatic carbocycles. The highest BCUT2D eigenvalue weighted by atomic mass is 32.1. The van der Waals surface area contributed by atoms with Gasteiger partial charge in [-0.15, -0.1) is 0 Å². The normalized spacial score (nSPS) is 10.1. The third-order valence-corrected chi connectivity index (χ3v) is 3.00. The second-order valence-corrected chi connectivity index (χ2v) is 4.51. The third kappa shape index (κ3) is 3.05. The molecule has 18 heavy (non-hydrogen) atoms. The van der Waals surface area contributed by atoms with Crippen LogP contribution in [0.2, 0.25) is 0 Å². The number of nitrogens with one attached hydrogen (secondary N) is 1. The number of nitrogens with zero attached hydrogens (tertiary/aromatic N) is 1. The zero-order chi connectivity index (χ0) is 13.0. The van der Waals surface area contributed by atoms with Gasteiger partial charge < -0.3 is 11.1 Å². The van der Waals surface area contributed by atoms with E-state index >= 15 is 0 Å². The Balaban J connectivity index is 2.09. The fourth-order valence-corrected chi connectivity index (χ4v) is 1.80. The highest BCUT2D eigenvalue weighted by Crippen LogP contribution is 2.11. The zero-order valence-electron chi connectivity index (χ0n) is 10.2. The molecule has 0 radical (unpaired) electrons. The van der Waals surface area contributed by atoms with Crippen molar-refractivity contribution >= 4 is 23.0 Å². The molecule has 2 rings (SSSR count). The van der Waals surface area contributed by atoms with Crippen molar-refractivity contribution in [1.82, 2.24) is 4.98 Å². The van der Waals surface area contributed by atoms with Crippen molar-refractivity contribution in [3.8, 4) is 0 Å². The van der Waals surface area contributed by atoms with Crippen LogP contribution in [-0.2, 0) is 6.54 Å². The van der Waals surface area contributed by atoms with Gasteiger partial charge in [0.2, 0.25) is 0 Å². The van der Waals surface area contributed by atoms with Crippen molar-refractivity contribution in [2.45, 2.75) is 13.5 Å². The van der Waals surface area contributed by atoms with E-state index < -0.39 is 0 Å². The topological polar surface area (TPSA) is 50.9 Å². The summed E-state index contributed by atoms with van der Waals surface area (Å²) in [6.07, 6.45) is 1.70. The highest BCUT2D eigenvalue weighted by Gasteiger charge is 2.01. The van der Waals surface area contributed by atoms with Gasteiger partial charge in [-0.25, -0.2) is 4.98 Å². The lowest BCUT2D eigenvalue weighted by atomic mass is 10.1. The Morgan fingerprint density at radius 3 is 2.83 bits per heavy atom. The predicted octanol–water partition coefficient (Wildman–Crippen LogP) is 2.64. The average Bonchev–Trinajstić information content (AvgIpc) is 2.38. The molecule has 0 saturated carbocycles. The molecule has 92 valence electrons. The lowest BCUT2D eigenvalue weighted by Gasteiger charge is -2.09. The van der Waals surface area contributed by atoms with Gasteiger partial charge in [0.1, 0.15) is 10.8 Å². The van der Waals surface area contributed by atoms with Crippen LogP contribution >= 0.6 is 12.2 Å². The summed E-state index contributed by atoms with van der Waals surface area (Å²) in [5, 5.41) is 3.27. The van der Waals surface area contributed by atoms with Gasteiger partial charge >= 0.3 is 0 Å². The molecule has 2 aromatic rings. The Bertz CT molecular complexity index is 566. The van der Waals surface area contributed by atoms with Crippen LogP contribution in [0.4, 0.5) is 5.82 Å². The molecule has 1 aromatic heterocycles. The van der Waals surface area contributed by atoms with Crippen molar-refractivity contribution in [1.29, 1.82) is 0 Å². The SMILES string of the molecule is Cc1ccccc1CNc1cc(C(N)=S)ccn1. The fourth-order valence-electron chi connectivity index (χ4n) is 1.67. The van der Waals surface area contributed by atoms with E-state index in [-0.39, 0.29) is 0 Å². The summed E-state index contributed by atoms with van der Waals surface area (Å²) in [7, 11) is 0. The van der Waals surface area contributed by atoms with E-state index in [4.69, 9.17) is 18.0 Å². The largest absolute Gasteiger partial charge is 0.389 e. The van der Waals surface area contributed by atoms with E-state index in [1.165, 1.54) is 11.1 Å². The molecule has 0 amide bonds. The smallest absolute Gasteiger partial charge is 0.126 e. The van der Waals surface area contributed by atoms with E-state index in [2.05, 4.69) is 29.4 Å². The molecule has 0 aliphatic heterocycles. The van der Waals surface area contributed by atoms with Crippen LogP contribution in [0.1, 0.15) is 16.7 Å². The van der Waals surface area contributed by atoms with Crippen LogP contribution in [0.25, 0.3) is 0 Å². The number of aromatic nitrogens is 1. The Kier molecular flexibility index (Phi) is 3.89. The van der Waals surface area contributed by atoms with Crippen LogP contribution in [-0.4, -0.2) is 9.97 Å². The number of hydrogen-bond donors (Lipinski definition) is 2. The van der Waals surface area contributed by atoms with Gasteiger partial charge in [0, 0.05) is 18.3 Å². The highest BCUT2D eigenvalue weighted by molar-refractivity contribution is 7.80. The number of aryl methyl sites for hydroxylation is 1. The summed E-state index contributed by atoms with van der Waals surface area (Å²) in [6, 6.07) is 11.9. The molecule has 1 heterocycles. The summed E-state index contributed by atoms with van der Waals surface area (Å²) in [4.78, 5) is 4.63. The molecule has 0 atom stereocenters. The van der Waals surface area contributed by atoms with Crippen molar-refractivity contribution in [3.63, 3.8) is 0 Å². The average molecular weight is 257 g/mol. The zero-order valence-corrected chi connectivity index (χ0v) is 11.0. The molecule has 0 spiro atoms. The Morgan fingerprint density at radius 1 is 1.33 bits per heavy atom. The number of hydrogen-bond acceptors (Lipinski definition) is 3. The van der Waals surface area contributed by atoms with Crippen molar-refractivity contribution in [2.24, 2.45) is 5.73 Å². The van der Waals surface area contributed by atoms with Crippen molar-refractivity contribution in [2.75, 3.05) is 5.32 Å². The molecule has 0 aliphatic rings. The molecule has 3 nitrogen and oxygen atoms in total. The summed E-state index contributed by atoms with van der Waals surface area (Å²) in [5.74, 6) is 0.781. The standard InChI is InChI=1S/C14H15N3S/c1-10-4-2-3-5-12(10)9-17-13-8-11(14(15)18)6-7-16-13/h2-8H,9H2,1H3,(H2,15,18)(H,16,17). The monoisotopic (exact) mass is 257 g/mol. The van der Waals surface area contributed by atoms with Crippen LogP contribution in [0.3, 0.4) is 0 Å². The first-order chi connectivity index (χ1) is 8.66. The predicted molar refractivity (Wildman–Crippen MR) is 78.6 cm³/mol. The Labute approximate surface area is 112 Å². The number of nitrogens with two attached hydrogens (primary N) is 1. The minimum atomic E-state index is 0.386. The number of pyridine rings is 1. The van der Waals surface area contributed by atoms with E-state index in [1.54, 1.807) is 12.3 Å². The number of benzene rings is 1. The molecular formula is C14H15N3S. The first kappa shape index (κ1) is 12.5. The molecular weight excluding hydrogens is 242 g/mol. The molecule has 0 bridgehead atoms. The van der Waals surface area contributed by atoms with Crippen LogP contribution in [0, 0.1) is 6.92 Å². The lowest BCUT2D eigenvalue weighted by Crippen LogP contribution is -2.10. The summed E-state index contributed by atoms with van der Waals surface area (Å²) in [5.41, 5.74) is 8.93. The third-order valence-electron chi connectivity index (χ3n) is 2.77. The maximum atomic E-state index is 5.59. The minimum absolute atomic E-state index is 0.386. The van der Waals surface area contributed by atoms with Crippen LogP contribution in [0.15, 0.2) is 42.6 Å². The second kappa shape index (κ2) is 5.60. The number of rotatable bonds is 4.